The van der Waals surface area contributed by atoms with Gasteiger partial charge in [-0.15, -0.1) is 0 Å². The molecule has 0 aromatic heterocycles. The van der Waals surface area contributed by atoms with Crippen LogP contribution in [-0.2, 0) is 4.79 Å². The summed E-state index contributed by atoms with van der Waals surface area (Å²) in [6.45, 7) is 0.773. The van der Waals surface area contributed by atoms with Gasteiger partial charge in [0.25, 0.3) is 5.91 Å². The van der Waals surface area contributed by atoms with E-state index in [0.29, 0.717) is 17.1 Å². The van der Waals surface area contributed by atoms with Crippen molar-refractivity contribution in [3.63, 3.8) is 0 Å². The highest BCUT2D eigenvalue weighted by atomic mass is 32.2. The number of rotatable bonds is 5. The van der Waals surface area contributed by atoms with Crippen molar-refractivity contribution in [2.45, 2.75) is 55.7 Å². The smallest absolute Gasteiger partial charge is 0.326 e. The zero-order valence-corrected chi connectivity index (χ0v) is 20.7. The van der Waals surface area contributed by atoms with Gasteiger partial charge in [0, 0.05) is 23.3 Å². The highest BCUT2D eigenvalue weighted by Gasteiger charge is 2.51. The zero-order chi connectivity index (χ0) is 24.6. The summed E-state index contributed by atoms with van der Waals surface area (Å²) in [5, 5.41) is 19.7. The fourth-order valence-corrected chi connectivity index (χ4v) is 7.17. The number of nitrogens with one attached hydrogen (secondary N) is 3. The van der Waals surface area contributed by atoms with E-state index in [1.165, 1.54) is 11.8 Å². The number of aliphatic hydroxyl groups is 1. The van der Waals surface area contributed by atoms with Gasteiger partial charge >= 0.3 is 6.03 Å². The minimum atomic E-state index is -0.362. The molecule has 2 aromatic carbocycles. The molecule has 1 saturated carbocycles. The Labute approximate surface area is 214 Å². The Kier molecular flexibility index (Phi) is 6.37. The van der Waals surface area contributed by atoms with Gasteiger partial charge in [-0.3, -0.25) is 9.69 Å². The van der Waals surface area contributed by atoms with Crippen molar-refractivity contribution in [2.24, 2.45) is 5.92 Å². The molecule has 5 atom stereocenters. The molecular weight excluding hydrogens is 476 g/mol. The highest BCUT2D eigenvalue weighted by molar-refractivity contribution is 8.04. The van der Waals surface area contributed by atoms with Gasteiger partial charge in [0.05, 0.1) is 22.4 Å². The lowest BCUT2D eigenvalue weighted by Gasteiger charge is -2.45. The topological polar surface area (TPSA) is 103 Å². The van der Waals surface area contributed by atoms with Gasteiger partial charge in [-0.2, -0.15) is 0 Å². The summed E-state index contributed by atoms with van der Waals surface area (Å²) in [5.74, 6) is 1.31. The summed E-state index contributed by atoms with van der Waals surface area (Å²) >= 11 is 1.50. The number of para-hydroxylation sites is 1. The van der Waals surface area contributed by atoms with E-state index in [9.17, 15) is 14.7 Å². The Morgan fingerprint density at radius 2 is 1.83 bits per heavy atom. The number of aliphatic hydroxyl groups excluding tert-OH is 1. The number of hydrogen-bond donors (Lipinski definition) is 4. The number of ether oxygens (including phenoxy) is 1. The second kappa shape index (κ2) is 9.80. The number of carbonyl (C=O) groups is 2. The zero-order valence-electron chi connectivity index (χ0n) is 19.9. The van der Waals surface area contributed by atoms with Gasteiger partial charge in [-0.25, -0.2) is 4.79 Å². The molecule has 8 nitrogen and oxygen atoms in total. The summed E-state index contributed by atoms with van der Waals surface area (Å²) in [6, 6.07) is 16.9. The maximum atomic E-state index is 13.4. The number of urea groups is 1. The van der Waals surface area contributed by atoms with Gasteiger partial charge < -0.3 is 25.8 Å². The molecule has 4 aliphatic rings. The summed E-state index contributed by atoms with van der Waals surface area (Å²) < 4.78 is 5.91. The quantitative estimate of drug-likeness (QED) is 0.493. The molecule has 3 unspecified atom stereocenters. The van der Waals surface area contributed by atoms with Crippen LogP contribution in [0, 0.1) is 5.92 Å². The van der Waals surface area contributed by atoms with Crippen LogP contribution in [0.3, 0.4) is 0 Å². The molecular formula is C27H30N4O4S. The van der Waals surface area contributed by atoms with Gasteiger partial charge in [0.15, 0.2) is 0 Å². The van der Waals surface area contributed by atoms with E-state index in [4.69, 9.17) is 4.74 Å². The molecule has 2 saturated heterocycles. The minimum absolute atomic E-state index is 0.000564. The molecule has 1 aliphatic carbocycles. The van der Waals surface area contributed by atoms with Crippen LogP contribution >= 0.6 is 11.8 Å². The number of hydrogen-bond acceptors (Lipinski definition) is 6. The molecule has 3 heterocycles. The molecule has 9 heteroatoms. The normalized spacial score (nSPS) is 29.4. The van der Waals surface area contributed by atoms with Crippen molar-refractivity contribution >= 4 is 29.4 Å². The Hall–Kier alpha value is -3.01. The van der Waals surface area contributed by atoms with E-state index in [0.717, 1.165) is 49.4 Å². The first-order valence-electron chi connectivity index (χ1n) is 12.6. The molecule has 2 aromatic rings. The minimum Gasteiger partial charge on any atom is -0.457 e. The van der Waals surface area contributed by atoms with E-state index in [1.54, 1.807) is 0 Å². The fourth-order valence-electron chi connectivity index (χ4n) is 5.77. The second-order valence-corrected chi connectivity index (χ2v) is 11.0. The number of nitrogens with zero attached hydrogens (tertiary/aromatic N) is 1. The Bertz CT molecular complexity index is 1170. The monoisotopic (exact) mass is 506 g/mol. The van der Waals surface area contributed by atoms with Crippen molar-refractivity contribution in [3.05, 3.63) is 65.2 Å². The number of carbonyl (C=O) groups excluding carboxylic acids is 2. The highest BCUT2D eigenvalue weighted by Crippen LogP contribution is 2.48. The molecule has 0 radical (unpaired) electrons. The molecule has 0 bridgehead atoms. The molecule has 3 aliphatic heterocycles. The van der Waals surface area contributed by atoms with Crippen LogP contribution in [0.4, 0.5) is 10.5 Å². The van der Waals surface area contributed by atoms with Crippen LogP contribution in [0.25, 0.3) is 0 Å². The lowest BCUT2D eigenvalue weighted by molar-refractivity contribution is -0.118. The maximum Gasteiger partial charge on any atom is 0.326 e. The van der Waals surface area contributed by atoms with Crippen LogP contribution in [-0.4, -0.2) is 47.2 Å². The summed E-state index contributed by atoms with van der Waals surface area (Å²) in [5.41, 5.74) is 1.53. The van der Waals surface area contributed by atoms with Crippen molar-refractivity contribution < 1.29 is 19.4 Å². The van der Waals surface area contributed by atoms with Crippen LogP contribution in [0.15, 0.2) is 65.2 Å². The third-order valence-corrected chi connectivity index (χ3v) is 8.78. The van der Waals surface area contributed by atoms with Crippen molar-refractivity contribution in [1.82, 2.24) is 16.0 Å². The number of amides is 3. The Morgan fingerprint density at radius 3 is 2.61 bits per heavy atom. The fraction of sp³-hybridized carbons (Fsp3) is 0.407. The van der Waals surface area contributed by atoms with E-state index in [1.807, 2.05) is 59.5 Å². The molecule has 188 valence electrons. The summed E-state index contributed by atoms with van der Waals surface area (Å²) in [4.78, 5) is 29.0. The number of anilines is 1. The van der Waals surface area contributed by atoms with Crippen LogP contribution in [0.1, 0.15) is 32.1 Å². The third-order valence-electron chi connectivity index (χ3n) is 7.42. The molecule has 3 amide bonds. The Morgan fingerprint density at radius 1 is 1.06 bits per heavy atom. The predicted octanol–water partition coefficient (Wildman–Crippen LogP) is 3.69. The predicted molar refractivity (Wildman–Crippen MR) is 139 cm³/mol. The lowest BCUT2D eigenvalue weighted by Crippen LogP contribution is -2.62. The average Bonchev–Trinajstić information content (AvgIpc) is 3.25. The third kappa shape index (κ3) is 4.47. The Balaban J connectivity index is 1.22. The van der Waals surface area contributed by atoms with Gasteiger partial charge in [-0.1, -0.05) is 30.0 Å². The van der Waals surface area contributed by atoms with E-state index in [-0.39, 0.29) is 41.4 Å². The maximum absolute atomic E-state index is 13.4. The second-order valence-electron chi connectivity index (χ2n) is 9.82. The molecule has 0 spiro atoms. The molecule has 3 fully saturated rings. The largest absolute Gasteiger partial charge is 0.457 e. The van der Waals surface area contributed by atoms with Crippen LogP contribution in [0.2, 0.25) is 0 Å². The van der Waals surface area contributed by atoms with Crippen molar-refractivity contribution in [1.29, 1.82) is 0 Å². The SMILES string of the molecule is O=C(N[C@H]1CCC[C@H](O)C1)C1=C2NC(=O)N(c3ccc(Oc4ccccc4)cc3)C3CCNC(S1)C23. The number of piperidine rings is 1. The van der Waals surface area contributed by atoms with Gasteiger partial charge in [-0.05, 0) is 75.0 Å². The van der Waals surface area contributed by atoms with Crippen LogP contribution in [0.5, 0.6) is 11.5 Å². The first-order valence-corrected chi connectivity index (χ1v) is 13.5. The lowest BCUT2D eigenvalue weighted by atomic mass is 9.86. The van der Waals surface area contributed by atoms with Gasteiger partial charge in [0.2, 0.25) is 0 Å². The average molecular weight is 507 g/mol. The van der Waals surface area contributed by atoms with Crippen LogP contribution < -0.4 is 25.6 Å². The molecule has 4 N–H and O–H groups in total. The summed E-state index contributed by atoms with van der Waals surface area (Å²) in [7, 11) is 0. The van der Waals surface area contributed by atoms with E-state index < -0.39 is 0 Å². The van der Waals surface area contributed by atoms with Gasteiger partial charge in [0.1, 0.15) is 11.5 Å². The van der Waals surface area contributed by atoms with Crippen molar-refractivity contribution in [2.75, 3.05) is 11.4 Å². The number of thioether (sulfide) groups is 1. The van der Waals surface area contributed by atoms with Crippen molar-refractivity contribution in [3.8, 4) is 11.5 Å². The number of benzene rings is 2. The molecule has 36 heavy (non-hydrogen) atoms. The standard InChI is InChI=1S/C27H30N4O4S/c32-18-6-4-5-16(15-18)29-25(33)24-23-22-21(13-14-28-26(22)36-24)31(27(34)30-23)17-9-11-20(12-10-17)35-19-7-2-1-3-8-19/h1-3,7-12,16,18,21-22,26,28,32H,4-6,13-15H2,(H,29,33)(H,30,34)/t16-,18-,21?,22?,26?/m0/s1. The van der Waals surface area contributed by atoms with E-state index in [2.05, 4.69) is 16.0 Å². The molecule has 6 rings (SSSR count). The first-order chi connectivity index (χ1) is 17.6. The summed E-state index contributed by atoms with van der Waals surface area (Å²) in [6.07, 6.45) is 3.57. The van der Waals surface area contributed by atoms with E-state index >= 15 is 0 Å². The first kappa shape index (κ1) is 23.4.